The van der Waals surface area contributed by atoms with Crippen LogP contribution in [-0.4, -0.2) is 5.11 Å². The van der Waals surface area contributed by atoms with Crippen LogP contribution in [0.25, 0.3) is 0 Å². The number of hydrogen-bond donors (Lipinski definition) is 1. The zero-order chi connectivity index (χ0) is 12.1. The summed E-state index contributed by atoms with van der Waals surface area (Å²) in [5.41, 5.74) is 2.33. The molecule has 0 radical (unpaired) electrons. The van der Waals surface area contributed by atoms with Crippen molar-refractivity contribution in [2.75, 3.05) is 0 Å². The van der Waals surface area contributed by atoms with Crippen LogP contribution in [0.4, 0.5) is 0 Å². The minimum absolute atomic E-state index is 0.266. The van der Waals surface area contributed by atoms with Gasteiger partial charge in [-0.2, -0.15) is 0 Å². The first-order chi connectivity index (χ1) is 8.27. The van der Waals surface area contributed by atoms with Crippen molar-refractivity contribution in [1.29, 1.82) is 0 Å². The molecular weight excluding hydrogens is 208 g/mol. The Morgan fingerprint density at radius 1 is 1.18 bits per heavy atom. The summed E-state index contributed by atoms with van der Waals surface area (Å²) in [5, 5.41) is 10.2. The lowest BCUT2D eigenvalue weighted by molar-refractivity contribution is 0.150. The van der Waals surface area contributed by atoms with Crippen molar-refractivity contribution in [2.24, 2.45) is 5.92 Å². The van der Waals surface area contributed by atoms with Gasteiger partial charge >= 0.3 is 0 Å². The highest BCUT2D eigenvalue weighted by Gasteiger charge is 2.16. The maximum atomic E-state index is 10.2. The second-order valence-electron chi connectivity index (χ2n) is 5.45. The Kier molecular flexibility index (Phi) is 4.61. The van der Waals surface area contributed by atoms with Gasteiger partial charge in [-0.1, -0.05) is 56.4 Å². The van der Waals surface area contributed by atoms with Crippen molar-refractivity contribution in [3.8, 4) is 0 Å². The molecule has 1 fully saturated rings. The van der Waals surface area contributed by atoms with E-state index >= 15 is 0 Å². The Labute approximate surface area is 105 Å². The Bertz CT molecular complexity index is 339. The fourth-order valence-corrected chi connectivity index (χ4v) is 2.99. The highest BCUT2D eigenvalue weighted by molar-refractivity contribution is 5.27. The van der Waals surface area contributed by atoms with Crippen LogP contribution in [0.15, 0.2) is 24.3 Å². The summed E-state index contributed by atoms with van der Waals surface area (Å²) in [6.45, 7) is 2.08. The summed E-state index contributed by atoms with van der Waals surface area (Å²) in [7, 11) is 0. The summed E-state index contributed by atoms with van der Waals surface area (Å²) in [6.07, 6.45) is 8.80. The van der Waals surface area contributed by atoms with Gasteiger partial charge in [0, 0.05) is 0 Å². The SMILES string of the molecule is Cc1ccccc1C(O)CCC1CCCCC1. The van der Waals surface area contributed by atoms with Gasteiger partial charge in [-0.3, -0.25) is 0 Å². The minimum atomic E-state index is -0.266. The molecule has 1 saturated carbocycles. The average molecular weight is 232 g/mol. The van der Waals surface area contributed by atoms with Gasteiger partial charge in [0.05, 0.1) is 6.10 Å². The smallest absolute Gasteiger partial charge is 0.0792 e. The van der Waals surface area contributed by atoms with Crippen molar-refractivity contribution in [3.63, 3.8) is 0 Å². The van der Waals surface area contributed by atoms with E-state index in [9.17, 15) is 5.11 Å². The van der Waals surface area contributed by atoms with E-state index in [1.54, 1.807) is 0 Å². The standard InChI is InChI=1S/C16H24O/c1-13-7-5-6-10-15(13)16(17)12-11-14-8-3-2-4-9-14/h5-7,10,14,16-17H,2-4,8-9,11-12H2,1H3. The normalized spacial score (nSPS) is 19.2. The molecule has 1 heteroatoms. The van der Waals surface area contributed by atoms with Gasteiger partial charge in [-0.25, -0.2) is 0 Å². The lowest BCUT2D eigenvalue weighted by Crippen LogP contribution is -2.09. The van der Waals surface area contributed by atoms with Crippen LogP contribution in [0, 0.1) is 12.8 Å². The minimum Gasteiger partial charge on any atom is -0.388 e. The van der Waals surface area contributed by atoms with Crippen molar-refractivity contribution < 1.29 is 5.11 Å². The van der Waals surface area contributed by atoms with Crippen LogP contribution >= 0.6 is 0 Å². The predicted octanol–water partition coefficient (Wildman–Crippen LogP) is 4.39. The van der Waals surface area contributed by atoms with Gasteiger partial charge in [0.25, 0.3) is 0 Å². The fourth-order valence-electron chi connectivity index (χ4n) is 2.99. The Hall–Kier alpha value is -0.820. The molecule has 0 bridgehead atoms. The highest BCUT2D eigenvalue weighted by atomic mass is 16.3. The summed E-state index contributed by atoms with van der Waals surface area (Å²) >= 11 is 0. The number of hydrogen-bond acceptors (Lipinski definition) is 1. The van der Waals surface area contributed by atoms with E-state index in [0.717, 1.165) is 17.9 Å². The zero-order valence-corrected chi connectivity index (χ0v) is 10.9. The molecule has 1 atom stereocenters. The summed E-state index contributed by atoms with van der Waals surface area (Å²) in [4.78, 5) is 0. The topological polar surface area (TPSA) is 20.2 Å². The van der Waals surface area contributed by atoms with Crippen LogP contribution in [-0.2, 0) is 0 Å². The van der Waals surface area contributed by atoms with Crippen LogP contribution < -0.4 is 0 Å². The Morgan fingerprint density at radius 2 is 1.88 bits per heavy atom. The second-order valence-corrected chi connectivity index (χ2v) is 5.45. The third-order valence-electron chi connectivity index (χ3n) is 4.12. The number of aliphatic hydroxyl groups is 1. The molecule has 94 valence electrons. The van der Waals surface area contributed by atoms with Crippen LogP contribution in [0.3, 0.4) is 0 Å². The first kappa shape index (κ1) is 12.6. The van der Waals surface area contributed by atoms with Crippen LogP contribution in [0.2, 0.25) is 0 Å². The van der Waals surface area contributed by atoms with Crippen molar-refractivity contribution in [3.05, 3.63) is 35.4 Å². The molecule has 0 heterocycles. The van der Waals surface area contributed by atoms with E-state index in [1.807, 2.05) is 12.1 Å². The molecule has 17 heavy (non-hydrogen) atoms. The summed E-state index contributed by atoms with van der Waals surface area (Å²) < 4.78 is 0. The lowest BCUT2D eigenvalue weighted by atomic mass is 9.84. The van der Waals surface area contributed by atoms with Crippen molar-refractivity contribution in [2.45, 2.75) is 58.0 Å². The zero-order valence-electron chi connectivity index (χ0n) is 10.9. The van der Waals surface area contributed by atoms with E-state index in [2.05, 4.69) is 19.1 Å². The molecule has 1 N–H and O–H groups in total. The first-order valence-electron chi connectivity index (χ1n) is 7.01. The number of benzene rings is 1. The molecule has 1 aromatic carbocycles. The van der Waals surface area contributed by atoms with Gasteiger partial charge < -0.3 is 5.11 Å². The third-order valence-corrected chi connectivity index (χ3v) is 4.12. The molecule has 1 aliphatic rings. The molecule has 0 saturated heterocycles. The molecule has 2 rings (SSSR count). The lowest BCUT2D eigenvalue weighted by Gasteiger charge is -2.23. The third kappa shape index (κ3) is 3.57. The van der Waals surface area contributed by atoms with Gasteiger partial charge in [-0.15, -0.1) is 0 Å². The Morgan fingerprint density at radius 3 is 2.59 bits per heavy atom. The quantitative estimate of drug-likeness (QED) is 0.816. The van der Waals surface area contributed by atoms with Gasteiger partial charge in [-0.05, 0) is 36.8 Å². The van der Waals surface area contributed by atoms with Crippen LogP contribution in [0.5, 0.6) is 0 Å². The van der Waals surface area contributed by atoms with E-state index in [0.29, 0.717) is 0 Å². The van der Waals surface area contributed by atoms with Crippen molar-refractivity contribution >= 4 is 0 Å². The number of rotatable bonds is 4. The number of aryl methyl sites for hydroxylation is 1. The van der Waals surface area contributed by atoms with Gasteiger partial charge in [0.2, 0.25) is 0 Å². The van der Waals surface area contributed by atoms with E-state index < -0.39 is 0 Å². The maximum Gasteiger partial charge on any atom is 0.0792 e. The molecule has 1 nitrogen and oxygen atoms in total. The fraction of sp³-hybridized carbons (Fsp3) is 0.625. The molecule has 1 unspecified atom stereocenters. The Balaban J connectivity index is 1.84. The summed E-state index contributed by atoms with van der Waals surface area (Å²) in [5.74, 6) is 0.863. The molecular formula is C16H24O. The van der Waals surface area contributed by atoms with Gasteiger partial charge in [0.15, 0.2) is 0 Å². The second kappa shape index (κ2) is 6.20. The average Bonchev–Trinajstić information content (AvgIpc) is 2.38. The first-order valence-corrected chi connectivity index (χ1v) is 7.01. The molecule has 0 aliphatic heterocycles. The van der Waals surface area contributed by atoms with E-state index in [1.165, 1.54) is 44.1 Å². The highest BCUT2D eigenvalue weighted by Crippen LogP contribution is 2.30. The monoisotopic (exact) mass is 232 g/mol. The number of aliphatic hydroxyl groups excluding tert-OH is 1. The van der Waals surface area contributed by atoms with Crippen molar-refractivity contribution in [1.82, 2.24) is 0 Å². The maximum absolute atomic E-state index is 10.2. The predicted molar refractivity (Wildman–Crippen MR) is 71.9 cm³/mol. The largest absolute Gasteiger partial charge is 0.388 e. The molecule has 0 aromatic heterocycles. The summed E-state index contributed by atoms with van der Waals surface area (Å²) in [6, 6.07) is 8.19. The van der Waals surface area contributed by atoms with Crippen LogP contribution in [0.1, 0.15) is 62.2 Å². The van der Waals surface area contributed by atoms with E-state index in [-0.39, 0.29) is 6.10 Å². The molecule has 1 aromatic rings. The molecule has 0 amide bonds. The molecule has 0 spiro atoms. The molecule has 1 aliphatic carbocycles. The van der Waals surface area contributed by atoms with E-state index in [4.69, 9.17) is 0 Å². The van der Waals surface area contributed by atoms with Gasteiger partial charge in [0.1, 0.15) is 0 Å².